The molecule has 6 nitrogen and oxygen atoms in total. The van der Waals surface area contributed by atoms with E-state index in [2.05, 4.69) is 203 Å². The number of carbonyl (C=O) groups excluding carboxylic acids is 3. The van der Waals surface area contributed by atoms with Crippen LogP contribution in [0.25, 0.3) is 0 Å². The topological polar surface area (TPSA) is 78.9 Å². The number of hydrogen-bond donors (Lipinski definition) is 0. The first-order valence-electron chi connectivity index (χ1n) is 32.9. The minimum atomic E-state index is -0.849. The lowest BCUT2D eigenvalue weighted by atomic mass is 10.0. The summed E-state index contributed by atoms with van der Waals surface area (Å²) < 4.78 is 16.8. The summed E-state index contributed by atoms with van der Waals surface area (Å²) in [5, 5.41) is 0. The highest BCUT2D eigenvalue weighted by Gasteiger charge is 2.19. The minimum Gasteiger partial charge on any atom is -0.462 e. The molecule has 0 aliphatic rings. The van der Waals surface area contributed by atoms with E-state index in [-0.39, 0.29) is 38.0 Å². The van der Waals surface area contributed by atoms with Gasteiger partial charge in [-0.3, -0.25) is 14.4 Å². The molecule has 1 unspecified atom stereocenters. The zero-order valence-corrected chi connectivity index (χ0v) is 52.9. The number of carbonyl (C=O) groups is 3. The Labute approximate surface area is 509 Å². The van der Waals surface area contributed by atoms with Gasteiger partial charge in [-0.2, -0.15) is 0 Å². The summed E-state index contributed by atoms with van der Waals surface area (Å²) in [6.07, 6.45) is 105. The van der Waals surface area contributed by atoms with Crippen LogP contribution < -0.4 is 0 Å². The molecule has 0 spiro atoms. The molecule has 0 aromatic carbocycles. The number of rotatable bonds is 57. The van der Waals surface area contributed by atoms with Crippen LogP contribution in [0.4, 0.5) is 0 Å². The lowest BCUT2D eigenvalue weighted by molar-refractivity contribution is -0.166. The standard InChI is InChI=1S/C77H118O6/c1-4-7-10-13-16-19-22-25-28-30-32-33-34-35-36-37-38-39-40-41-42-43-45-46-49-52-55-58-61-64-67-70-76(79)82-73-74(72-81-75(78)69-66-63-60-57-54-51-48-27-24-21-18-15-12-9-6-3)83-77(80)71-68-65-62-59-56-53-50-47-44-31-29-26-23-20-17-14-11-8-5-2/h7-12,16-21,25-29,32-33,35-36,38-39,44,47-48,53-54,56-57,63,66,74H,4-6,13-15,22-24,30-31,34,37,40-43,45-46,49-52,55,58-62,64-65,67-73H2,1-3H3/b10-7-,11-8-,12-9-,19-16-,20-17-,21-18-,28-25-,29-26-,33-32-,36-35-,39-38-,47-44-,48-27-,56-53-,57-54-,66-63-. The zero-order chi connectivity index (χ0) is 59.9. The van der Waals surface area contributed by atoms with Crippen LogP contribution in [0.15, 0.2) is 194 Å². The lowest BCUT2D eigenvalue weighted by Crippen LogP contribution is -2.30. The van der Waals surface area contributed by atoms with Crippen molar-refractivity contribution in [2.24, 2.45) is 0 Å². The maximum Gasteiger partial charge on any atom is 0.309 e. The minimum absolute atomic E-state index is 0.110. The van der Waals surface area contributed by atoms with Gasteiger partial charge in [0, 0.05) is 12.8 Å². The van der Waals surface area contributed by atoms with Crippen molar-refractivity contribution in [3.63, 3.8) is 0 Å². The molecule has 0 amide bonds. The lowest BCUT2D eigenvalue weighted by Gasteiger charge is -2.18. The van der Waals surface area contributed by atoms with E-state index in [1.807, 2.05) is 6.08 Å². The summed E-state index contributed by atoms with van der Waals surface area (Å²) in [5.41, 5.74) is 0. The van der Waals surface area contributed by atoms with Crippen LogP contribution in [0.3, 0.4) is 0 Å². The van der Waals surface area contributed by atoms with Gasteiger partial charge in [-0.05, 0) is 141 Å². The Morgan fingerprint density at radius 3 is 0.795 bits per heavy atom. The van der Waals surface area contributed by atoms with Gasteiger partial charge in [0.05, 0.1) is 6.42 Å². The van der Waals surface area contributed by atoms with Gasteiger partial charge in [-0.1, -0.05) is 286 Å². The van der Waals surface area contributed by atoms with Crippen molar-refractivity contribution in [1.82, 2.24) is 0 Å². The first-order chi connectivity index (χ1) is 41.0. The highest BCUT2D eigenvalue weighted by atomic mass is 16.6. The molecule has 0 saturated carbocycles. The number of esters is 3. The van der Waals surface area contributed by atoms with Crippen LogP contribution in [0.5, 0.6) is 0 Å². The fraction of sp³-hybridized carbons (Fsp3) is 0.545. The van der Waals surface area contributed by atoms with Gasteiger partial charge in [0.15, 0.2) is 6.10 Å². The fourth-order valence-electron chi connectivity index (χ4n) is 8.31. The Bertz CT molecular complexity index is 1990. The molecule has 0 bridgehead atoms. The van der Waals surface area contributed by atoms with Crippen LogP contribution in [-0.4, -0.2) is 37.2 Å². The molecule has 0 N–H and O–H groups in total. The molecule has 83 heavy (non-hydrogen) atoms. The SMILES string of the molecule is CC/C=C\C/C=C\C/C=C\C/C=C\C/C=C\C/C=C\CCCCCCCCCCCCCCC(=O)OCC(COC(=O)C/C=C\C/C=C\C/C=C\C/C=C\C/C=C\CC)OC(=O)CCCCC/C=C\C/C=C\C/C=C\C/C=C\C/C=C\CC. The third-order valence-electron chi connectivity index (χ3n) is 13.1. The summed E-state index contributed by atoms with van der Waals surface area (Å²) in [7, 11) is 0. The molecule has 0 aliphatic heterocycles. The van der Waals surface area contributed by atoms with Crippen molar-refractivity contribution in [3.8, 4) is 0 Å². The van der Waals surface area contributed by atoms with E-state index < -0.39 is 12.1 Å². The average molecular weight is 1140 g/mol. The smallest absolute Gasteiger partial charge is 0.309 e. The first kappa shape index (κ1) is 77.2. The number of ether oxygens (including phenoxy) is 3. The normalized spacial score (nSPS) is 13.4. The van der Waals surface area contributed by atoms with Gasteiger partial charge in [-0.15, -0.1) is 0 Å². The Kier molecular flexibility index (Phi) is 64.0. The van der Waals surface area contributed by atoms with Crippen molar-refractivity contribution in [2.45, 2.75) is 258 Å². The van der Waals surface area contributed by atoms with E-state index in [9.17, 15) is 14.4 Å². The van der Waals surface area contributed by atoms with Crippen molar-refractivity contribution in [1.29, 1.82) is 0 Å². The Morgan fingerprint density at radius 2 is 0.482 bits per heavy atom. The molecule has 0 aromatic heterocycles. The van der Waals surface area contributed by atoms with Crippen molar-refractivity contribution < 1.29 is 28.6 Å². The third-order valence-corrected chi connectivity index (χ3v) is 13.1. The summed E-state index contributed by atoms with van der Waals surface area (Å²) in [6, 6.07) is 0. The fourth-order valence-corrected chi connectivity index (χ4v) is 8.31. The van der Waals surface area contributed by atoms with Crippen LogP contribution in [0.1, 0.15) is 252 Å². The molecule has 1 atom stereocenters. The van der Waals surface area contributed by atoms with Crippen LogP contribution >= 0.6 is 0 Å². The third kappa shape index (κ3) is 66.9. The molecule has 0 radical (unpaired) electrons. The summed E-state index contributed by atoms with van der Waals surface area (Å²) in [6.45, 7) is 6.17. The van der Waals surface area contributed by atoms with E-state index >= 15 is 0 Å². The van der Waals surface area contributed by atoms with Crippen LogP contribution in [0.2, 0.25) is 0 Å². The van der Waals surface area contributed by atoms with Gasteiger partial charge in [-0.25, -0.2) is 0 Å². The summed E-state index contributed by atoms with van der Waals surface area (Å²) >= 11 is 0. The van der Waals surface area contributed by atoms with Crippen LogP contribution in [-0.2, 0) is 28.6 Å². The number of unbranched alkanes of at least 4 members (excludes halogenated alkanes) is 15. The average Bonchev–Trinajstić information content (AvgIpc) is 3.49. The van der Waals surface area contributed by atoms with Gasteiger partial charge < -0.3 is 14.2 Å². The van der Waals surface area contributed by atoms with E-state index in [0.29, 0.717) is 12.8 Å². The van der Waals surface area contributed by atoms with Crippen molar-refractivity contribution in [3.05, 3.63) is 194 Å². The highest BCUT2D eigenvalue weighted by molar-refractivity contribution is 5.72. The van der Waals surface area contributed by atoms with Crippen LogP contribution in [0, 0.1) is 0 Å². The Hall–Kier alpha value is -5.75. The molecule has 0 rings (SSSR count). The van der Waals surface area contributed by atoms with Gasteiger partial charge in [0.2, 0.25) is 0 Å². The molecular formula is C77H118O6. The predicted octanol–water partition coefficient (Wildman–Crippen LogP) is 23.0. The van der Waals surface area contributed by atoms with Gasteiger partial charge in [0.1, 0.15) is 13.2 Å². The molecule has 462 valence electrons. The van der Waals surface area contributed by atoms with Crippen molar-refractivity contribution >= 4 is 17.9 Å². The largest absolute Gasteiger partial charge is 0.462 e. The molecule has 0 fully saturated rings. The second kappa shape index (κ2) is 68.7. The van der Waals surface area contributed by atoms with Gasteiger partial charge in [0.25, 0.3) is 0 Å². The summed E-state index contributed by atoms with van der Waals surface area (Å²) in [4.78, 5) is 38.3. The molecule has 0 aliphatic carbocycles. The molecule has 0 aromatic rings. The number of allylic oxidation sites excluding steroid dienone is 31. The quantitative estimate of drug-likeness (QED) is 0.0261. The van der Waals surface area contributed by atoms with E-state index in [0.717, 1.165) is 141 Å². The second-order valence-electron chi connectivity index (χ2n) is 20.9. The monoisotopic (exact) mass is 1140 g/mol. The Balaban J connectivity index is 4.43. The predicted molar refractivity (Wildman–Crippen MR) is 361 cm³/mol. The molecule has 0 heterocycles. The highest BCUT2D eigenvalue weighted by Crippen LogP contribution is 2.15. The molecular weight excluding hydrogens is 1020 g/mol. The zero-order valence-electron chi connectivity index (χ0n) is 52.9. The molecule has 0 saturated heterocycles. The van der Waals surface area contributed by atoms with Gasteiger partial charge >= 0.3 is 17.9 Å². The van der Waals surface area contributed by atoms with E-state index in [1.54, 1.807) is 6.08 Å². The summed E-state index contributed by atoms with van der Waals surface area (Å²) in [5.74, 6) is -1.11. The van der Waals surface area contributed by atoms with E-state index in [1.165, 1.54) is 64.2 Å². The first-order valence-corrected chi connectivity index (χ1v) is 32.9. The Morgan fingerprint density at radius 1 is 0.253 bits per heavy atom. The molecule has 6 heteroatoms. The maximum absolute atomic E-state index is 12.9. The second-order valence-corrected chi connectivity index (χ2v) is 20.9. The number of hydrogen-bond acceptors (Lipinski definition) is 6. The maximum atomic E-state index is 12.9. The van der Waals surface area contributed by atoms with Crippen molar-refractivity contribution in [2.75, 3.05) is 13.2 Å². The van der Waals surface area contributed by atoms with E-state index in [4.69, 9.17) is 14.2 Å².